The summed E-state index contributed by atoms with van der Waals surface area (Å²) in [6.45, 7) is 0.801. The van der Waals surface area contributed by atoms with Crippen molar-refractivity contribution in [2.24, 2.45) is 5.73 Å². The quantitative estimate of drug-likeness (QED) is 0.678. The lowest BCUT2D eigenvalue weighted by molar-refractivity contribution is -0.0450. The lowest BCUT2D eigenvalue weighted by Crippen LogP contribution is -2.31. The molecule has 3 amide bonds. The normalized spacial score (nSPS) is 22.4. The highest BCUT2D eigenvalue weighted by molar-refractivity contribution is 5.90. The molecular formula is C10H11N5O3. The Balaban J connectivity index is 1.92. The van der Waals surface area contributed by atoms with E-state index < -0.39 is 11.9 Å². The van der Waals surface area contributed by atoms with Crippen molar-refractivity contribution in [2.75, 3.05) is 13.1 Å². The zero-order valence-electron chi connectivity index (χ0n) is 9.35. The first-order valence-corrected chi connectivity index (χ1v) is 5.40. The molecule has 8 nitrogen and oxygen atoms in total. The second-order valence-electron chi connectivity index (χ2n) is 4.24. The van der Waals surface area contributed by atoms with Crippen LogP contribution in [-0.2, 0) is 0 Å². The van der Waals surface area contributed by atoms with E-state index >= 15 is 0 Å². The molecule has 0 spiro atoms. The first-order chi connectivity index (χ1) is 8.56. The van der Waals surface area contributed by atoms with E-state index in [1.807, 2.05) is 0 Å². The Bertz CT molecular complexity index is 564. The standard InChI is InChI=1S/C10H11N5O3/c11-9(16)8-1-2-14(12-8)6-3-7-5-13(4-6)10(17)15(7)18/h1-3,7,18H,4-5H2,(H2,11,16). The summed E-state index contributed by atoms with van der Waals surface area (Å²) in [5, 5.41) is 14.2. The van der Waals surface area contributed by atoms with Crippen LogP contribution in [0, 0.1) is 0 Å². The van der Waals surface area contributed by atoms with E-state index in [0.29, 0.717) is 18.2 Å². The molecule has 1 saturated heterocycles. The van der Waals surface area contributed by atoms with Gasteiger partial charge >= 0.3 is 6.03 Å². The lowest BCUT2D eigenvalue weighted by atomic mass is 10.2. The van der Waals surface area contributed by atoms with E-state index in [2.05, 4.69) is 5.10 Å². The van der Waals surface area contributed by atoms with Crippen LogP contribution in [0.4, 0.5) is 4.79 Å². The number of urea groups is 1. The third kappa shape index (κ3) is 1.46. The summed E-state index contributed by atoms with van der Waals surface area (Å²) in [5.74, 6) is -0.603. The summed E-state index contributed by atoms with van der Waals surface area (Å²) < 4.78 is 1.49. The highest BCUT2D eigenvalue weighted by Crippen LogP contribution is 2.24. The van der Waals surface area contributed by atoms with Crippen molar-refractivity contribution < 1.29 is 14.8 Å². The molecule has 2 aliphatic heterocycles. The number of nitrogens with zero attached hydrogens (tertiary/aromatic N) is 4. The van der Waals surface area contributed by atoms with Crippen molar-refractivity contribution >= 4 is 17.6 Å². The Hall–Kier alpha value is -2.35. The molecule has 0 radical (unpaired) electrons. The van der Waals surface area contributed by atoms with Gasteiger partial charge in [0.1, 0.15) is 5.69 Å². The first kappa shape index (κ1) is 10.8. The average molecular weight is 249 g/mol. The fourth-order valence-electron chi connectivity index (χ4n) is 2.16. The summed E-state index contributed by atoms with van der Waals surface area (Å²) in [5.41, 5.74) is 6.01. The van der Waals surface area contributed by atoms with Crippen LogP contribution in [0.1, 0.15) is 10.5 Å². The van der Waals surface area contributed by atoms with Gasteiger partial charge in [-0.15, -0.1) is 0 Å². The summed E-state index contributed by atoms with van der Waals surface area (Å²) >= 11 is 0. The zero-order valence-corrected chi connectivity index (χ0v) is 9.35. The largest absolute Gasteiger partial charge is 0.364 e. The first-order valence-electron chi connectivity index (χ1n) is 5.40. The predicted octanol–water partition coefficient (Wildman–Crippen LogP) is -0.668. The molecule has 3 heterocycles. The van der Waals surface area contributed by atoms with Crippen LogP contribution in [-0.4, -0.2) is 56.0 Å². The number of carbonyl (C=O) groups is 2. The molecule has 1 atom stereocenters. The summed E-state index contributed by atoms with van der Waals surface area (Å²) in [6, 6.07) is 0.712. The Morgan fingerprint density at radius 2 is 2.33 bits per heavy atom. The maximum absolute atomic E-state index is 11.5. The van der Waals surface area contributed by atoms with Crippen LogP contribution in [0.5, 0.6) is 0 Å². The topological polar surface area (TPSA) is 105 Å². The molecule has 2 aliphatic rings. The third-order valence-corrected chi connectivity index (χ3v) is 3.06. The van der Waals surface area contributed by atoms with Crippen LogP contribution in [0.3, 0.4) is 0 Å². The molecule has 2 bridgehead atoms. The van der Waals surface area contributed by atoms with Crippen molar-refractivity contribution in [1.82, 2.24) is 19.7 Å². The zero-order chi connectivity index (χ0) is 12.9. The third-order valence-electron chi connectivity index (χ3n) is 3.06. The van der Waals surface area contributed by atoms with Gasteiger partial charge < -0.3 is 10.6 Å². The van der Waals surface area contributed by atoms with E-state index in [9.17, 15) is 14.8 Å². The molecule has 94 valence electrons. The Morgan fingerprint density at radius 1 is 1.56 bits per heavy atom. The molecular weight excluding hydrogens is 238 g/mol. The van der Waals surface area contributed by atoms with Gasteiger partial charge in [0.2, 0.25) is 0 Å². The van der Waals surface area contributed by atoms with Crippen LogP contribution in [0.15, 0.2) is 18.3 Å². The number of rotatable bonds is 2. The highest BCUT2D eigenvalue weighted by Gasteiger charge is 2.39. The number of primary amides is 1. The highest BCUT2D eigenvalue weighted by atomic mass is 16.5. The van der Waals surface area contributed by atoms with Gasteiger partial charge in [0.25, 0.3) is 5.91 Å². The van der Waals surface area contributed by atoms with Crippen molar-refractivity contribution in [3.8, 4) is 0 Å². The molecule has 1 aromatic heterocycles. The summed E-state index contributed by atoms with van der Waals surface area (Å²) in [7, 11) is 0. The van der Waals surface area contributed by atoms with E-state index in [4.69, 9.17) is 5.73 Å². The molecule has 8 heteroatoms. The van der Waals surface area contributed by atoms with Gasteiger partial charge in [0.15, 0.2) is 0 Å². The Kier molecular flexibility index (Phi) is 2.14. The number of hydrogen-bond acceptors (Lipinski definition) is 4. The van der Waals surface area contributed by atoms with Gasteiger partial charge in [-0.1, -0.05) is 0 Å². The minimum absolute atomic E-state index is 0.163. The Morgan fingerprint density at radius 3 is 2.94 bits per heavy atom. The van der Waals surface area contributed by atoms with Crippen LogP contribution < -0.4 is 5.73 Å². The number of hydroxylamine groups is 2. The van der Waals surface area contributed by atoms with Crippen LogP contribution in [0.25, 0.3) is 5.70 Å². The van der Waals surface area contributed by atoms with Crippen molar-refractivity contribution in [3.63, 3.8) is 0 Å². The fraction of sp³-hybridized carbons (Fsp3) is 0.300. The number of nitrogens with two attached hydrogens (primary N) is 1. The molecule has 0 aromatic carbocycles. The smallest absolute Gasteiger partial charge is 0.344 e. The number of fused-ring (bicyclic) bond motifs is 2. The van der Waals surface area contributed by atoms with Gasteiger partial charge in [-0.2, -0.15) is 10.2 Å². The van der Waals surface area contributed by atoms with Gasteiger partial charge in [-0.05, 0) is 12.1 Å². The summed E-state index contributed by atoms with van der Waals surface area (Å²) in [6.07, 6.45) is 3.35. The van der Waals surface area contributed by atoms with Gasteiger partial charge in [0, 0.05) is 12.7 Å². The fourth-order valence-corrected chi connectivity index (χ4v) is 2.16. The van der Waals surface area contributed by atoms with Crippen LogP contribution in [0.2, 0.25) is 0 Å². The monoisotopic (exact) mass is 249 g/mol. The molecule has 1 aromatic rings. The number of aromatic nitrogens is 2. The van der Waals surface area contributed by atoms with E-state index in [1.165, 1.54) is 15.6 Å². The lowest BCUT2D eigenvalue weighted by Gasteiger charge is -2.20. The molecule has 1 fully saturated rings. The van der Waals surface area contributed by atoms with Crippen LogP contribution >= 0.6 is 0 Å². The Labute approximate surface area is 102 Å². The minimum Gasteiger partial charge on any atom is -0.364 e. The van der Waals surface area contributed by atoms with Gasteiger partial charge in [0.05, 0.1) is 18.3 Å². The molecule has 18 heavy (non-hydrogen) atoms. The average Bonchev–Trinajstić information content (AvgIpc) is 2.91. The molecule has 0 aliphatic carbocycles. The maximum Gasteiger partial charge on any atom is 0.344 e. The molecule has 3 N–H and O–H groups in total. The van der Waals surface area contributed by atoms with E-state index in [1.54, 1.807) is 12.3 Å². The summed E-state index contributed by atoms with van der Waals surface area (Å²) in [4.78, 5) is 24.0. The van der Waals surface area contributed by atoms with Crippen molar-refractivity contribution in [1.29, 1.82) is 0 Å². The molecule has 3 rings (SSSR count). The van der Waals surface area contributed by atoms with Crippen molar-refractivity contribution in [3.05, 3.63) is 24.0 Å². The minimum atomic E-state index is -0.603. The van der Waals surface area contributed by atoms with E-state index in [0.717, 1.165) is 5.70 Å². The number of carbonyl (C=O) groups excluding carboxylic acids is 2. The number of amides is 3. The van der Waals surface area contributed by atoms with Gasteiger partial charge in [-0.3, -0.25) is 10.0 Å². The maximum atomic E-state index is 11.5. The van der Waals surface area contributed by atoms with Gasteiger partial charge in [-0.25, -0.2) is 9.48 Å². The number of hydrogen-bond donors (Lipinski definition) is 2. The molecule has 1 unspecified atom stereocenters. The molecule has 0 saturated carbocycles. The second-order valence-corrected chi connectivity index (χ2v) is 4.24. The SMILES string of the molecule is NC(=O)c1ccn(C2=CC3CN(C2)C(=O)N3O)n1. The predicted molar refractivity (Wildman–Crippen MR) is 59.4 cm³/mol. The second kappa shape index (κ2) is 3.57. The van der Waals surface area contributed by atoms with E-state index in [-0.39, 0.29) is 11.7 Å². The van der Waals surface area contributed by atoms with Crippen molar-refractivity contribution in [2.45, 2.75) is 6.04 Å².